The molecule has 0 aliphatic rings. The van der Waals surface area contributed by atoms with Crippen molar-refractivity contribution < 1.29 is 13.9 Å². The molecule has 1 amide bonds. The largest absolute Gasteiger partial charge is 0.494 e. The van der Waals surface area contributed by atoms with Crippen molar-refractivity contribution in [1.29, 1.82) is 0 Å². The van der Waals surface area contributed by atoms with Gasteiger partial charge >= 0.3 is 5.63 Å². The van der Waals surface area contributed by atoms with Crippen molar-refractivity contribution in [2.45, 2.75) is 6.92 Å². The molecule has 0 radical (unpaired) electrons. The standard InChI is InChI=1S/C18H15NO4/c1-2-22-13-9-7-12(8-10-13)19-17(20)16-11-23-18(21)15-6-4-3-5-14(15)16/h3-11H,2H2,1H3,(H,19,20). The van der Waals surface area contributed by atoms with Gasteiger partial charge in [-0.2, -0.15) is 0 Å². The lowest BCUT2D eigenvalue weighted by Crippen LogP contribution is -2.14. The van der Waals surface area contributed by atoms with Gasteiger partial charge in [0, 0.05) is 11.1 Å². The summed E-state index contributed by atoms with van der Waals surface area (Å²) in [5, 5.41) is 3.73. The molecule has 1 heterocycles. The average Bonchev–Trinajstić information content (AvgIpc) is 2.57. The highest BCUT2D eigenvalue weighted by molar-refractivity contribution is 6.12. The Bertz CT molecular complexity index is 897. The van der Waals surface area contributed by atoms with Gasteiger partial charge in [0.05, 0.1) is 17.6 Å². The Hall–Kier alpha value is -3.08. The average molecular weight is 309 g/mol. The van der Waals surface area contributed by atoms with Crippen LogP contribution in [0.4, 0.5) is 5.69 Å². The first kappa shape index (κ1) is 14.8. The highest BCUT2D eigenvalue weighted by Gasteiger charge is 2.13. The van der Waals surface area contributed by atoms with E-state index in [9.17, 15) is 9.59 Å². The van der Waals surface area contributed by atoms with Crippen LogP contribution in [0.3, 0.4) is 0 Å². The zero-order valence-corrected chi connectivity index (χ0v) is 12.5. The molecule has 3 aromatic rings. The van der Waals surface area contributed by atoms with Crippen molar-refractivity contribution in [3.8, 4) is 5.75 Å². The molecule has 0 atom stereocenters. The van der Waals surface area contributed by atoms with Gasteiger partial charge < -0.3 is 14.5 Å². The molecule has 3 rings (SSSR count). The Morgan fingerprint density at radius 2 is 1.78 bits per heavy atom. The predicted molar refractivity (Wildman–Crippen MR) is 88.0 cm³/mol. The van der Waals surface area contributed by atoms with Gasteiger partial charge in [-0.25, -0.2) is 4.79 Å². The molecular formula is C18H15NO4. The summed E-state index contributed by atoms with van der Waals surface area (Å²) in [7, 11) is 0. The summed E-state index contributed by atoms with van der Waals surface area (Å²) < 4.78 is 10.3. The van der Waals surface area contributed by atoms with E-state index in [1.165, 1.54) is 6.26 Å². The molecule has 0 bridgehead atoms. The normalized spacial score (nSPS) is 10.5. The second-order valence-electron chi connectivity index (χ2n) is 4.89. The van der Waals surface area contributed by atoms with E-state index in [1.54, 1.807) is 48.5 Å². The molecule has 0 saturated heterocycles. The zero-order valence-electron chi connectivity index (χ0n) is 12.5. The second-order valence-corrected chi connectivity index (χ2v) is 4.89. The molecule has 1 aromatic heterocycles. The maximum absolute atomic E-state index is 12.4. The third kappa shape index (κ3) is 3.08. The maximum Gasteiger partial charge on any atom is 0.343 e. The van der Waals surface area contributed by atoms with Gasteiger partial charge in [-0.15, -0.1) is 0 Å². The quantitative estimate of drug-likeness (QED) is 0.801. The molecule has 2 aromatic carbocycles. The molecule has 0 fully saturated rings. The fourth-order valence-corrected chi connectivity index (χ4v) is 2.31. The van der Waals surface area contributed by atoms with E-state index in [4.69, 9.17) is 9.15 Å². The highest BCUT2D eigenvalue weighted by atomic mass is 16.5. The molecule has 1 N–H and O–H groups in total. The Kier molecular flexibility index (Phi) is 4.10. The van der Waals surface area contributed by atoms with E-state index in [1.807, 2.05) is 6.92 Å². The summed E-state index contributed by atoms with van der Waals surface area (Å²) in [5.41, 5.74) is 0.487. The predicted octanol–water partition coefficient (Wildman–Crippen LogP) is 3.44. The SMILES string of the molecule is CCOc1ccc(NC(=O)c2coc(=O)c3ccccc23)cc1. The third-order valence-electron chi connectivity index (χ3n) is 3.39. The number of ether oxygens (including phenoxy) is 1. The van der Waals surface area contributed by atoms with Crippen LogP contribution in [0, 0.1) is 0 Å². The molecular weight excluding hydrogens is 294 g/mol. The summed E-state index contributed by atoms with van der Waals surface area (Å²) in [6.07, 6.45) is 1.19. The van der Waals surface area contributed by atoms with Crippen LogP contribution in [-0.4, -0.2) is 12.5 Å². The first-order chi connectivity index (χ1) is 11.2. The fourth-order valence-electron chi connectivity index (χ4n) is 2.31. The van der Waals surface area contributed by atoms with Crippen molar-refractivity contribution >= 4 is 22.4 Å². The number of carbonyl (C=O) groups excluding carboxylic acids is 1. The minimum atomic E-state index is -0.460. The molecule has 0 aliphatic carbocycles. The van der Waals surface area contributed by atoms with E-state index in [0.29, 0.717) is 28.6 Å². The lowest BCUT2D eigenvalue weighted by atomic mass is 10.1. The van der Waals surface area contributed by atoms with E-state index in [2.05, 4.69) is 5.32 Å². The van der Waals surface area contributed by atoms with Crippen LogP contribution in [-0.2, 0) is 0 Å². The molecule has 0 aliphatic heterocycles. The zero-order chi connectivity index (χ0) is 16.2. The fraction of sp³-hybridized carbons (Fsp3) is 0.111. The number of hydrogen-bond acceptors (Lipinski definition) is 4. The summed E-state index contributed by atoms with van der Waals surface area (Å²) in [6, 6.07) is 13.9. The van der Waals surface area contributed by atoms with E-state index in [-0.39, 0.29) is 5.91 Å². The number of anilines is 1. The van der Waals surface area contributed by atoms with Crippen molar-refractivity contribution in [2.75, 3.05) is 11.9 Å². The number of benzene rings is 2. The Balaban J connectivity index is 1.89. The smallest absolute Gasteiger partial charge is 0.343 e. The summed E-state index contributed by atoms with van der Waals surface area (Å²) >= 11 is 0. The van der Waals surface area contributed by atoms with Crippen LogP contribution in [0.25, 0.3) is 10.8 Å². The molecule has 5 heteroatoms. The number of fused-ring (bicyclic) bond motifs is 1. The van der Waals surface area contributed by atoms with Crippen molar-refractivity contribution in [2.24, 2.45) is 0 Å². The van der Waals surface area contributed by atoms with Crippen LogP contribution < -0.4 is 15.7 Å². The van der Waals surface area contributed by atoms with Gasteiger partial charge in [-0.3, -0.25) is 4.79 Å². The lowest BCUT2D eigenvalue weighted by molar-refractivity contribution is 0.102. The monoisotopic (exact) mass is 309 g/mol. The van der Waals surface area contributed by atoms with E-state index in [0.717, 1.165) is 5.75 Å². The number of nitrogens with one attached hydrogen (secondary N) is 1. The third-order valence-corrected chi connectivity index (χ3v) is 3.39. The van der Waals surface area contributed by atoms with Crippen LogP contribution in [0.15, 0.2) is 64.0 Å². The minimum absolute atomic E-state index is 0.314. The molecule has 116 valence electrons. The minimum Gasteiger partial charge on any atom is -0.494 e. The Labute approximate surface area is 132 Å². The summed E-state index contributed by atoms with van der Waals surface area (Å²) in [6.45, 7) is 2.49. The van der Waals surface area contributed by atoms with E-state index < -0.39 is 5.63 Å². The van der Waals surface area contributed by atoms with Gasteiger partial charge in [0.1, 0.15) is 12.0 Å². The van der Waals surface area contributed by atoms with Crippen molar-refractivity contribution in [1.82, 2.24) is 0 Å². The molecule has 0 saturated carbocycles. The summed E-state index contributed by atoms with van der Waals surface area (Å²) in [5.74, 6) is 0.399. The van der Waals surface area contributed by atoms with Gasteiger partial charge in [-0.1, -0.05) is 18.2 Å². The van der Waals surface area contributed by atoms with Crippen molar-refractivity contribution in [3.05, 3.63) is 70.8 Å². The van der Waals surface area contributed by atoms with E-state index >= 15 is 0 Å². The Morgan fingerprint density at radius 3 is 2.48 bits per heavy atom. The first-order valence-electron chi connectivity index (χ1n) is 7.24. The summed E-state index contributed by atoms with van der Waals surface area (Å²) in [4.78, 5) is 24.1. The van der Waals surface area contributed by atoms with Crippen LogP contribution in [0.1, 0.15) is 17.3 Å². The van der Waals surface area contributed by atoms with Gasteiger partial charge in [-0.05, 0) is 37.3 Å². The second kappa shape index (κ2) is 6.36. The molecule has 23 heavy (non-hydrogen) atoms. The number of carbonyl (C=O) groups is 1. The molecule has 5 nitrogen and oxygen atoms in total. The maximum atomic E-state index is 12.4. The molecule has 0 unspecified atom stereocenters. The van der Waals surface area contributed by atoms with Gasteiger partial charge in [0.25, 0.3) is 5.91 Å². The topological polar surface area (TPSA) is 68.5 Å². The molecule has 0 spiro atoms. The van der Waals surface area contributed by atoms with Crippen LogP contribution >= 0.6 is 0 Å². The number of amides is 1. The van der Waals surface area contributed by atoms with Crippen LogP contribution in [0.2, 0.25) is 0 Å². The highest BCUT2D eigenvalue weighted by Crippen LogP contribution is 2.19. The number of rotatable bonds is 4. The van der Waals surface area contributed by atoms with Gasteiger partial charge in [0.15, 0.2) is 0 Å². The first-order valence-corrected chi connectivity index (χ1v) is 7.24. The Morgan fingerprint density at radius 1 is 1.09 bits per heavy atom. The van der Waals surface area contributed by atoms with Gasteiger partial charge in [0.2, 0.25) is 0 Å². The van der Waals surface area contributed by atoms with Crippen LogP contribution in [0.5, 0.6) is 5.75 Å². The lowest BCUT2D eigenvalue weighted by Gasteiger charge is -2.08. The van der Waals surface area contributed by atoms with Crippen molar-refractivity contribution in [3.63, 3.8) is 0 Å². The number of hydrogen-bond donors (Lipinski definition) is 1.